The Morgan fingerprint density at radius 1 is 0.667 bits per heavy atom. The van der Waals surface area contributed by atoms with Crippen LogP contribution in [0.25, 0.3) is 0 Å². The molecule has 3 rings (SSSR count). The Balaban J connectivity index is 2.23. The zero-order valence-corrected chi connectivity index (χ0v) is 19.0. The zero-order valence-electron chi connectivity index (χ0n) is 17.3. The summed E-state index contributed by atoms with van der Waals surface area (Å²) in [6.45, 7) is 4.01. The summed E-state index contributed by atoms with van der Waals surface area (Å²) in [5.74, 6) is 0. The van der Waals surface area contributed by atoms with Crippen LogP contribution in [0.3, 0.4) is 0 Å². The average molecular weight is 443 g/mol. The molecule has 0 saturated heterocycles. The number of hydrogen-bond acceptors (Lipinski definition) is 4. The molecule has 0 bridgehead atoms. The van der Waals surface area contributed by atoms with Gasteiger partial charge >= 0.3 is 7.60 Å². The first-order chi connectivity index (χ1) is 14.5. The molecule has 0 saturated carbocycles. The van der Waals surface area contributed by atoms with E-state index < -0.39 is 14.9 Å². The monoisotopic (exact) mass is 443 g/mol. The second kappa shape index (κ2) is 10.2. The largest absolute Gasteiger partial charge is 0.350 e. The van der Waals surface area contributed by atoms with Crippen molar-refractivity contribution in [2.75, 3.05) is 24.2 Å². The standard InChI is InChI=1S/C23H27NO4P2/c1-3-27-29(25,28-4-2)20-24(21-14-8-5-9-15-21)30(26,22-16-10-6-11-17-22)23-18-12-7-13-19-23/h5-19H,3-4,20H2,1-2H3. The molecule has 0 amide bonds. The minimum absolute atomic E-state index is 0.125. The fourth-order valence-corrected chi connectivity index (χ4v) is 8.46. The molecule has 0 aliphatic heterocycles. The lowest BCUT2D eigenvalue weighted by molar-refractivity contribution is 0.221. The summed E-state index contributed by atoms with van der Waals surface area (Å²) in [5, 5.41) is 1.30. The average Bonchev–Trinajstić information content (AvgIpc) is 2.79. The molecular formula is C23H27NO4P2. The molecule has 5 nitrogen and oxygen atoms in total. The minimum atomic E-state index is -3.52. The van der Waals surface area contributed by atoms with Crippen LogP contribution >= 0.6 is 14.9 Å². The topological polar surface area (TPSA) is 55.8 Å². The van der Waals surface area contributed by atoms with Gasteiger partial charge in [-0.15, -0.1) is 0 Å². The maximum absolute atomic E-state index is 14.9. The molecule has 158 valence electrons. The normalized spacial score (nSPS) is 11.9. The summed E-state index contributed by atoms with van der Waals surface area (Å²) in [6, 6.07) is 27.9. The summed E-state index contributed by atoms with van der Waals surface area (Å²) in [7, 11) is -6.92. The van der Waals surface area contributed by atoms with Gasteiger partial charge in [0.25, 0.3) is 0 Å². The number of hydrogen-bond donors (Lipinski definition) is 0. The highest BCUT2D eigenvalue weighted by Crippen LogP contribution is 2.58. The third-order valence-electron chi connectivity index (χ3n) is 4.57. The van der Waals surface area contributed by atoms with E-state index in [1.54, 1.807) is 18.5 Å². The maximum atomic E-state index is 14.9. The van der Waals surface area contributed by atoms with E-state index in [4.69, 9.17) is 9.05 Å². The third-order valence-corrected chi connectivity index (χ3v) is 9.77. The van der Waals surface area contributed by atoms with Crippen LogP contribution in [0.2, 0.25) is 0 Å². The van der Waals surface area contributed by atoms with Crippen LogP contribution in [0.5, 0.6) is 0 Å². The van der Waals surface area contributed by atoms with Crippen molar-refractivity contribution >= 4 is 31.2 Å². The van der Waals surface area contributed by atoms with E-state index in [9.17, 15) is 9.13 Å². The molecule has 0 aliphatic carbocycles. The van der Waals surface area contributed by atoms with Crippen molar-refractivity contribution < 1.29 is 18.2 Å². The SMILES string of the molecule is CCOP(=O)(CN(c1ccccc1)P(=O)(c1ccccc1)c1ccccc1)OCC. The number of anilines is 1. The van der Waals surface area contributed by atoms with E-state index in [2.05, 4.69) is 0 Å². The van der Waals surface area contributed by atoms with Crippen LogP contribution in [-0.2, 0) is 18.2 Å². The van der Waals surface area contributed by atoms with Crippen molar-refractivity contribution in [1.29, 1.82) is 0 Å². The highest BCUT2D eigenvalue weighted by molar-refractivity contribution is 7.80. The molecule has 30 heavy (non-hydrogen) atoms. The van der Waals surface area contributed by atoms with Gasteiger partial charge < -0.3 is 13.7 Å². The Hall–Kier alpha value is -2.16. The Bertz CT molecular complexity index is 960. The molecule has 0 spiro atoms. The predicted molar refractivity (Wildman–Crippen MR) is 124 cm³/mol. The van der Waals surface area contributed by atoms with E-state index in [0.717, 1.165) is 0 Å². The molecule has 0 unspecified atom stereocenters. The number of para-hydroxylation sites is 1. The lowest BCUT2D eigenvalue weighted by Gasteiger charge is -2.36. The molecular weight excluding hydrogens is 416 g/mol. The summed E-state index contributed by atoms with van der Waals surface area (Å²) in [4.78, 5) is 0. The lowest BCUT2D eigenvalue weighted by atomic mass is 10.3. The van der Waals surface area contributed by atoms with E-state index >= 15 is 0 Å². The van der Waals surface area contributed by atoms with E-state index in [1.165, 1.54) is 0 Å². The van der Waals surface area contributed by atoms with Gasteiger partial charge in [-0.2, -0.15) is 0 Å². The zero-order chi connectivity index (χ0) is 21.5. The molecule has 0 fully saturated rings. The summed E-state index contributed by atoms with van der Waals surface area (Å²) in [6.07, 6.45) is -0.125. The Morgan fingerprint density at radius 2 is 1.07 bits per heavy atom. The van der Waals surface area contributed by atoms with E-state index in [1.807, 2.05) is 91.0 Å². The first kappa shape index (κ1) is 22.5. The molecule has 7 heteroatoms. The van der Waals surface area contributed by atoms with Crippen LogP contribution < -0.4 is 15.3 Å². The molecule has 3 aromatic carbocycles. The number of nitrogens with zero attached hydrogens (tertiary/aromatic N) is 1. The minimum Gasteiger partial charge on any atom is -0.308 e. The molecule has 3 aromatic rings. The predicted octanol–water partition coefficient (Wildman–Crippen LogP) is 5.65. The third kappa shape index (κ3) is 4.94. The second-order valence-corrected chi connectivity index (χ2v) is 11.3. The molecule has 0 aromatic heterocycles. The summed E-state index contributed by atoms with van der Waals surface area (Å²) >= 11 is 0. The van der Waals surface area contributed by atoms with Gasteiger partial charge in [0.15, 0.2) is 0 Å². The fourth-order valence-electron chi connectivity index (χ4n) is 3.30. The summed E-state index contributed by atoms with van der Waals surface area (Å²) in [5.41, 5.74) is 0.688. The van der Waals surface area contributed by atoms with Crippen molar-refractivity contribution in [3.63, 3.8) is 0 Å². The van der Waals surface area contributed by atoms with Crippen molar-refractivity contribution in [1.82, 2.24) is 0 Å². The van der Waals surface area contributed by atoms with Gasteiger partial charge in [0.05, 0.1) is 13.2 Å². The van der Waals surface area contributed by atoms with E-state index in [0.29, 0.717) is 16.3 Å². The van der Waals surface area contributed by atoms with Crippen molar-refractivity contribution in [2.45, 2.75) is 13.8 Å². The Kier molecular flexibility index (Phi) is 7.69. The quantitative estimate of drug-likeness (QED) is 0.379. The van der Waals surface area contributed by atoms with Gasteiger partial charge in [-0.1, -0.05) is 54.6 Å². The van der Waals surface area contributed by atoms with Crippen LogP contribution in [0.1, 0.15) is 13.8 Å². The Morgan fingerprint density at radius 3 is 1.47 bits per heavy atom. The van der Waals surface area contributed by atoms with Gasteiger partial charge in [0, 0.05) is 16.3 Å². The summed E-state index contributed by atoms with van der Waals surface area (Å²) < 4.78 is 41.2. The van der Waals surface area contributed by atoms with Gasteiger partial charge in [0.1, 0.15) is 6.29 Å². The molecule has 0 aliphatic rings. The molecule has 0 atom stereocenters. The highest BCUT2D eigenvalue weighted by Gasteiger charge is 2.40. The first-order valence-electron chi connectivity index (χ1n) is 9.96. The fraction of sp³-hybridized carbons (Fsp3) is 0.217. The van der Waals surface area contributed by atoms with Crippen molar-refractivity contribution in [3.8, 4) is 0 Å². The van der Waals surface area contributed by atoms with Gasteiger partial charge in [0.2, 0.25) is 7.29 Å². The molecule has 0 radical (unpaired) electrons. The lowest BCUT2D eigenvalue weighted by Crippen LogP contribution is -2.33. The van der Waals surface area contributed by atoms with Gasteiger partial charge in [-0.25, -0.2) is 0 Å². The van der Waals surface area contributed by atoms with Crippen LogP contribution in [0, 0.1) is 0 Å². The number of rotatable bonds is 10. The second-order valence-electron chi connectivity index (χ2n) is 6.57. The molecule has 0 heterocycles. The van der Waals surface area contributed by atoms with Crippen molar-refractivity contribution in [3.05, 3.63) is 91.0 Å². The first-order valence-corrected chi connectivity index (χ1v) is 13.3. The van der Waals surface area contributed by atoms with Gasteiger partial charge in [-0.05, 0) is 50.2 Å². The van der Waals surface area contributed by atoms with Crippen LogP contribution in [-0.4, -0.2) is 19.5 Å². The Labute approximate surface area is 178 Å². The number of benzene rings is 3. The van der Waals surface area contributed by atoms with Gasteiger partial charge in [-0.3, -0.25) is 9.13 Å². The van der Waals surface area contributed by atoms with Crippen molar-refractivity contribution in [2.24, 2.45) is 0 Å². The van der Waals surface area contributed by atoms with E-state index in [-0.39, 0.29) is 19.5 Å². The maximum Gasteiger partial charge on any atom is 0.350 e. The highest BCUT2D eigenvalue weighted by atomic mass is 31.2. The van der Waals surface area contributed by atoms with Crippen LogP contribution in [0.4, 0.5) is 5.69 Å². The smallest absolute Gasteiger partial charge is 0.308 e. The van der Waals surface area contributed by atoms with Crippen LogP contribution in [0.15, 0.2) is 91.0 Å². The molecule has 0 N–H and O–H groups in total.